The third-order valence-corrected chi connectivity index (χ3v) is 5.54. The zero-order valence-corrected chi connectivity index (χ0v) is 13.3. The van der Waals surface area contributed by atoms with Crippen molar-refractivity contribution < 1.29 is 0 Å². The minimum Gasteiger partial charge on any atom is -0.358 e. The van der Waals surface area contributed by atoms with Gasteiger partial charge in [0, 0.05) is 30.0 Å². The van der Waals surface area contributed by atoms with E-state index in [0.29, 0.717) is 5.56 Å². The summed E-state index contributed by atoms with van der Waals surface area (Å²) in [6, 6.07) is 4.50. The molecule has 0 amide bonds. The van der Waals surface area contributed by atoms with Crippen LogP contribution < -0.4 is 5.73 Å². The number of benzene rings is 1. The fourth-order valence-corrected chi connectivity index (χ4v) is 3.44. The number of likely N-dealkylation sites (tertiary alicyclic amines) is 1. The lowest BCUT2D eigenvalue weighted by Gasteiger charge is -2.17. The molecule has 0 radical (unpaired) electrons. The Bertz CT molecular complexity index is 618. The number of rotatable bonds is 0. The molecule has 0 saturated carbocycles. The molecule has 19 heavy (non-hydrogen) atoms. The van der Waals surface area contributed by atoms with Crippen LogP contribution >= 0.6 is 31.9 Å². The Labute approximate surface area is 128 Å². The van der Waals surface area contributed by atoms with Gasteiger partial charge in [-0.05, 0) is 49.9 Å². The van der Waals surface area contributed by atoms with Crippen LogP contribution in [-0.4, -0.2) is 29.9 Å². The number of nitriles is 1. The quantitative estimate of drug-likeness (QED) is 0.748. The van der Waals surface area contributed by atoms with E-state index in [1.54, 1.807) is 0 Å². The summed E-state index contributed by atoms with van der Waals surface area (Å²) in [4.78, 5) is 6.88. The zero-order chi connectivity index (χ0) is 13.6. The van der Waals surface area contributed by atoms with Crippen LogP contribution in [-0.2, 0) is 6.42 Å². The van der Waals surface area contributed by atoms with Crippen molar-refractivity contribution in [3.05, 3.63) is 26.1 Å². The first-order valence-corrected chi connectivity index (χ1v) is 7.68. The fourth-order valence-electron chi connectivity index (χ4n) is 2.58. The Hall–Kier alpha value is -0.900. The smallest absolute Gasteiger partial charge is 0.109 e. The number of aliphatic imine (C=N–C) groups is 1. The van der Waals surface area contributed by atoms with E-state index in [0.717, 1.165) is 52.0 Å². The van der Waals surface area contributed by atoms with Crippen LogP contribution in [0.25, 0.3) is 0 Å². The van der Waals surface area contributed by atoms with E-state index < -0.39 is 0 Å². The Morgan fingerprint density at radius 1 is 1.47 bits per heavy atom. The third-order valence-electron chi connectivity index (χ3n) is 3.56. The van der Waals surface area contributed by atoms with Crippen LogP contribution in [0.15, 0.2) is 20.0 Å². The van der Waals surface area contributed by atoms with Gasteiger partial charge in [-0.3, -0.25) is 0 Å². The van der Waals surface area contributed by atoms with Crippen molar-refractivity contribution >= 4 is 43.4 Å². The average molecular weight is 384 g/mol. The molecule has 1 atom stereocenters. The molecule has 98 valence electrons. The Morgan fingerprint density at radius 3 is 2.89 bits per heavy atom. The summed E-state index contributed by atoms with van der Waals surface area (Å²) in [7, 11) is 0. The number of nitrogens with zero attached hydrogens (tertiary/aromatic N) is 3. The maximum atomic E-state index is 9.30. The molecule has 0 bridgehead atoms. The summed E-state index contributed by atoms with van der Waals surface area (Å²) in [6.07, 6.45) is 1.79. The first-order chi connectivity index (χ1) is 9.10. The second kappa shape index (κ2) is 4.89. The van der Waals surface area contributed by atoms with Gasteiger partial charge < -0.3 is 10.6 Å². The molecule has 2 aliphatic rings. The fraction of sp³-hybridized carbons (Fsp3) is 0.385. The minimum absolute atomic E-state index is 0.236. The highest BCUT2D eigenvalue weighted by Gasteiger charge is 2.28. The first-order valence-electron chi connectivity index (χ1n) is 6.09. The maximum absolute atomic E-state index is 9.30. The lowest BCUT2D eigenvalue weighted by Crippen LogP contribution is -2.31. The first kappa shape index (κ1) is 13.1. The van der Waals surface area contributed by atoms with Crippen LogP contribution in [0.2, 0.25) is 0 Å². The summed E-state index contributed by atoms with van der Waals surface area (Å²) in [5, 5.41) is 9.30. The van der Waals surface area contributed by atoms with Crippen molar-refractivity contribution in [1.29, 1.82) is 5.26 Å². The number of halogens is 2. The molecular formula is C13H12Br2N4. The molecule has 1 saturated heterocycles. The van der Waals surface area contributed by atoms with Gasteiger partial charge in [-0.15, -0.1) is 0 Å². The second-order valence-electron chi connectivity index (χ2n) is 4.87. The van der Waals surface area contributed by atoms with Crippen molar-refractivity contribution in [3.63, 3.8) is 0 Å². The molecule has 1 aromatic carbocycles. The minimum atomic E-state index is 0.236. The van der Waals surface area contributed by atoms with Crippen LogP contribution in [0, 0.1) is 11.3 Å². The summed E-state index contributed by atoms with van der Waals surface area (Å²) in [6.45, 7) is 1.81. The molecule has 1 unspecified atom stereocenters. The van der Waals surface area contributed by atoms with Gasteiger partial charge in [0.05, 0.1) is 15.7 Å². The maximum Gasteiger partial charge on any atom is 0.109 e. The molecule has 1 fully saturated rings. The Kier molecular flexibility index (Phi) is 3.37. The highest BCUT2D eigenvalue weighted by Crippen LogP contribution is 2.40. The van der Waals surface area contributed by atoms with E-state index >= 15 is 0 Å². The van der Waals surface area contributed by atoms with Gasteiger partial charge in [-0.25, -0.2) is 4.99 Å². The van der Waals surface area contributed by atoms with E-state index in [4.69, 9.17) is 5.73 Å². The Morgan fingerprint density at radius 2 is 2.26 bits per heavy atom. The van der Waals surface area contributed by atoms with Crippen molar-refractivity contribution in [3.8, 4) is 6.07 Å². The van der Waals surface area contributed by atoms with Gasteiger partial charge in [0.15, 0.2) is 0 Å². The van der Waals surface area contributed by atoms with E-state index in [1.807, 2.05) is 6.07 Å². The predicted octanol–water partition coefficient (Wildman–Crippen LogP) is 2.70. The molecular weight excluding hydrogens is 372 g/mol. The topological polar surface area (TPSA) is 65.4 Å². The van der Waals surface area contributed by atoms with E-state index in [2.05, 4.69) is 47.8 Å². The molecule has 0 spiro atoms. The predicted molar refractivity (Wildman–Crippen MR) is 81.5 cm³/mol. The van der Waals surface area contributed by atoms with Crippen LogP contribution in [0.5, 0.6) is 0 Å². The number of nitrogens with two attached hydrogens (primary N) is 1. The summed E-state index contributed by atoms with van der Waals surface area (Å²) < 4.78 is 1.68. The number of fused-ring (bicyclic) bond motifs is 1. The molecule has 0 aliphatic carbocycles. The van der Waals surface area contributed by atoms with Gasteiger partial charge in [0.2, 0.25) is 0 Å². The standard InChI is InChI=1S/C13H12Br2N4/c14-10-3-7-4-11(19-2-1-8(17)6-19)18-13(7)9(5-16)12(10)15/h3,8H,1-2,4,6,17H2. The normalized spacial score (nSPS) is 21.3. The molecule has 2 aliphatic heterocycles. The summed E-state index contributed by atoms with van der Waals surface area (Å²) in [5.41, 5.74) is 8.44. The monoisotopic (exact) mass is 382 g/mol. The lowest BCUT2D eigenvalue weighted by molar-refractivity contribution is 0.503. The van der Waals surface area contributed by atoms with Crippen molar-refractivity contribution in [1.82, 2.24) is 4.90 Å². The largest absolute Gasteiger partial charge is 0.358 e. The van der Waals surface area contributed by atoms with Gasteiger partial charge in [0.1, 0.15) is 11.9 Å². The van der Waals surface area contributed by atoms with Gasteiger partial charge in [0.25, 0.3) is 0 Å². The van der Waals surface area contributed by atoms with Gasteiger partial charge in [-0.2, -0.15) is 5.26 Å². The molecule has 0 aromatic heterocycles. The van der Waals surface area contributed by atoms with Crippen LogP contribution in [0.4, 0.5) is 5.69 Å². The van der Waals surface area contributed by atoms with E-state index in [9.17, 15) is 5.26 Å². The molecule has 6 heteroatoms. The molecule has 2 heterocycles. The number of hydrogen-bond acceptors (Lipinski definition) is 4. The summed E-state index contributed by atoms with van der Waals surface area (Å²) >= 11 is 6.91. The third kappa shape index (κ3) is 2.20. The number of amidine groups is 1. The zero-order valence-electron chi connectivity index (χ0n) is 10.2. The summed E-state index contributed by atoms with van der Waals surface area (Å²) in [5.74, 6) is 1.03. The Balaban J connectivity index is 1.99. The van der Waals surface area contributed by atoms with Crippen LogP contribution in [0.1, 0.15) is 17.5 Å². The second-order valence-corrected chi connectivity index (χ2v) is 6.51. The molecule has 1 aromatic rings. The van der Waals surface area contributed by atoms with Crippen molar-refractivity contribution in [2.75, 3.05) is 13.1 Å². The van der Waals surface area contributed by atoms with Gasteiger partial charge in [-0.1, -0.05) is 0 Å². The van der Waals surface area contributed by atoms with Crippen molar-refractivity contribution in [2.45, 2.75) is 18.9 Å². The molecule has 2 N–H and O–H groups in total. The van der Waals surface area contributed by atoms with E-state index in [1.165, 1.54) is 0 Å². The molecule has 4 nitrogen and oxygen atoms in total. The highest BCUT2D eigenvalue weighted by molar-refractivity contribution is 9.13. The van der Waals surface area contributed by atoms with Gasteiger partial charge >= 0.3 is 0 Å². The van der Waals surface area contributed by atoms with Crippen LogP contribution in [0.3, 0.4) is 0 Å². The number of hydrogen-bond donors (Lipinski definition) is 1. The van der Waals surface area contributed by atoms with E-state index in [-0.39, 0.29) is 6.04 Å². The lowest BCUT2D eigenvalue weighted by atomic mass is 10.1. The average Bonchev–Trinajstić information content (AvgIpc) is 2.97. The SMILES string of the molecule is N#Cc1c(Br)c(Br)cc2c1N=C(N1CCC(N)C1)C2. The highest BCUT2D eigenvalue weighted by atomic mass is 79.9. The molecule has 3 rings (SSSR count). The van der Waals surface area contributed by atoms with Crippen molar-refractivity contribution in [2.24, 2.45) is 10.7 Å².